The van der Waals surface area contributed by atoms with Crippen LogP contribution < -0.4 is 5.73 Å². The van der Waals surface area contributed by atoms with Gasteiger partial charge in [-0.05, 0) is 25.2 Å². The van der Waals surface area contributed by atoms with Crippen LogP contribution in [-0.2, 0) is 9.47 Å². The predicted octanol–water partition coefficient (Wildman–Crippen LogP) is 0.992. The van der Waals surface area contributed by atoms with Crippen LogP contribution in [0.3, 0.4) is 0 Å². The Kier molecular flexibility index (Phi) is 2.74. The molecule has 0 bridgehead atoms. The molecular weight excluding hydrogens is 234 g/mol. The topological polar surface area (TPSA) is 79.4 Å². The van der Waals surface area contributed by atoms with Gasteiger partial charge in [0.25, 0.3) is 0 Å². The van der Waals surface area contributed by atoms with Crippen molar-refractivity contribution in [2.45, 2.75) is 31.4 Å². The van der Waals surface area contributed by atoms with E-state index < -0.39 is 5.97 Å². The van der Waals surface area contributed by atoms with Crippen LogP contribution in [0.4, 0.5) is 5.82 Å². The van der Waals surface area contributed by atoms with E-state index in [1.54, 1.807) is 6.33 Å². The first-order valence-corrected chi connectivity index (χ1v) is 6.24. The maximum Gasteiger partial charge on any atom is 0.360 e. The molecule has 0 aromatic carbocycles. The molecule has 2 aliphatic rings. The number of anilines is 1. The molecule has 2 fully saturated rings. The van der Waals surface area contributed by atoms with Crippen LogP contribution in [0.5, 0.6) is 0 Å². The molecule has 6 nitrogen and oxygen atoms in total. The molecule has 1 saturated carbocycles. The number of carbonyl (C=O) groups excluding carboxylic acids is 1. The van der Waals surface area contributed by atoms with Crippen LogP contribution in [0.2, 0.25) is 0 Å². The van der Waals surface area contributed by atoms with Crippen molar-refractivity contribution >= 4 is 11.8 Å². The summed E-state index contributed by atoms with van der Waals surface area (Å²) in [6.45, 7) is 0.747. The van der Waals surface area contributed by atoms with Crippen molar-refractivity contribution in [1.82, 2.24) is 9.55 Å². The van der Waals surface area contributed by atoms with Crippen molar-refractivity contribution in [3.63, 3.8) is 0 Å². The van der Waals surface area contributed by atoms with Crippen molar-refractivity contribution < 1.29 is 14.3 Å². The summed E-state index contributed by atoms with van der Waals surface area (Å²) in [4.78, 5) is 15.5. The second-order valence-corrected chi connectivity index (χ2v) is 4.91. The molecule has 0 radical (unpaired) electrons. The Morgan fingerprint density at radius 2 is 2.33 bits per heavy atom. The van der Waals surface area contributed by atoms with Crippen molar-refractivity contribution in [1.29, 1.82) is 0 Å². The molecule has 0 amide bonds. The number of hydrogen-bond donors (Lipinski definition) is 1. The monoisotopic (exact) mass is 251 g/mol. The van der Waals surface area contributed by atoms with Crippen molar-refractivity contribution in [2.24, 2.45) is 5.92 Å². The van der Waals surface area contributed by atoms with Gasteiger partial charge in [0.15, 0.2) is 5.69 Å². The number of ether oxygens (including phenoxy) is 2. The number of nitrogens with two attached hydrogens (primary N) is 1. The van der Waals surface area contributed by atoms with Gasteiger partial charge < -0.3 is 19.8 Å². The molecule has 2 heterocycles. The quantitative estimate of drug-likeness (QED) is 0.810. The van der Waals surface area contributed by atoms with Crippen LogP contribution in [0.1, 0.15) is 35.8 Å². The molecule has 1 saturated heterocycles. The normalized spacial score (nSPS) is 27.4. The first kappa shape index (κ1) is 11.5. The highest BCUT2D eigenvalue weighted by molar-refractivity contribution is 5.92. The second-order valence-electron chi connectivity index (χ2n) is 4.91. The first-order valence-electron chi connectivity index (χ1n) is 6.24. The number of rotatable bonds is 3. The number of methoxy groups -OCH3 is 1. The van der Waals surface area contributed by atoms with Crippen LogP contribution >= 0.6 is 0 Å². The molecule has 1 aromatic heterocycles. The molecule has 2 unspecified atom stereocenters. The maximum absolute atomic E-state index is 11.5. The number of carbonyl (C=O) groups is 1. The molecule has 1 aliphatic heterocycles. The summed E-state index contributed by atoms with van der Waals surface area (Å²) >= 11 is 0. The Balaban J connectivity index is 1.87. The molecule has 6 heteroatoms. The van der Waals surface area contributed by atoms with E-state index in [0.29, 0.717) is 11.7 Å². The van der Waals surface area contributed by atoms with Gasteiger partial charge in [0.05, 0.1) is 25.6 Å². The molecule has 2 atom stereocenters. The van der Waals surface area contributed by atoms with Gasteiger partial charge in [-0.25, -0.2) is 9.78 Å². The maximum atomic E-state index is 11.5. The number of aromatic nitrogens is 2. The van der Waals surface area contributed by atoms with Crippen LogP contribution in [0.15, 0.2) is 6.33 Å². The fourth-order valence-electron chi connectivity index (χ4n) is 2.66. The minimum atomic E-state index is -0.492. The summed E-state index contributed by atoms with van der Waals surface area (Å²) in [5, 5.41) is 0. The van der Waals surface area contributed by atoms with Gasteiger partial charge in [-0.1, -0.05) is 0 Å². The van der Waals surface area contributed by atoms with Crippen LogP contribution in [0.25, 0.3) is 0 Å². The molecular formula is C12H17N3O3. The molecule has 18 heavy (non-hydrogen) atoms. The standard InChI is InChI=1S/C12H17N3O3/c1-17-12(16)9-11(13)15(6-14-9)8-4-5-18-10(8)7-2-3-7/h6-8,10H,2-5,13H2,1H3. The number of hydrogen-bond acceptors (Lipinski definition) is 5. The van der Waals surface area contributed by atoms with E-state index in [2.05, 4.69) is 9.72 Å². The lowest BCUT2D eigenvalue weighted by molar-refractivity contribution is 0.0595. The Hall–Kier alpha value is -1.56. The average Bonchev–Trinajstić information content (AvgIpc) is 2.99. The number of esters is 1. The summed E-state index contributed by atoms with van der Waals surface area (Å²) < 4.78 is 12.3. The van der Waals surface area contributed by atoms with Crippen molar-refractivity contribution in [2.75, 3.05) is 19.5 Å². The highest BCUT2D eigenvalue weighted by Crippen LogP contribution is 2.44. The minimum absolute atomic E-state index is 0.193. The van der Waals surface area contributed by atoms with E-state index >= 15 is 0 Å². The zero-order chi connectivity index (χ0) is 12.7. The van der Waals surface area contributed by atoms with E-state index in [1.165, 1.54) is 20.0 Å². The molecule has 98 valence electrons. The molecule has 2 N–H and O–H groups in total. The van der Waals surface area contributed by atoms with Crippen LogP contribution in [0, 0.1) is 5.92 Å². The van der Waals surface area contributed by atoms with Gasteiger partial charge in [-0.3, -0.25) is 0 Å². The summed E-state index contributed by atoms with van der Waals surface area (Å²) in [7, 11) is 1.33. The van der Waals surface area contributed by atoms with Gasteiger partial charge >= 0.3 is 5.97 Å². The summed E-state index contributed by atoms with van der Waals surface area (Å²) in [5.74, 6) is 0.525. The van der Waals surface area contributed by atoms with Gasteiger partial charge in [-0.15, -0.1) is 0 Å². The van der Waals surface area contributed by atoms with Crippen molar-refractivity contribution in [3.05, 3.63) is 12.0 Å². The average molecular weight is 251 g/mol. The summed E-state index contributed by atoms with van der Waals surface area (Å²) in [5.41, 5.74) is 6.18. The largest absolute Gasteiger partial charge is 0.464 e. The highest BCUT2D eigenvalue weighted by Gasteiger charge is 2.42. The van der Waals surface area contributed by atoms with E-state index in [9.17, 15) is 4.79 Å². The molecule has 0 spiro atoms. The van der Waals surface area contributed by atoms with E-state index in [-0.39, 0.29) is 17.8 Å². The number of nitrogens with zero attached hydrogens (tertiary/aromatic N) is 2. The predicted molar refractivity (Wildman–Crippen MR) is 64.1 cm³/mol. The third-order valence-electron chi connectivity index (χ3n) is 3.76. The Bertz CT molecular complexity index is 467. The van der Waals surface area contributed by atoms with Gasteiger partial charge in [0.2, 0.25) is 0 Å². The molecule has 3 rings (SSSR count). The fourth-order valence-corrected chi connectivity index (χ4v) is 2.66. The smallest absolute Gasteiger partial charge is 0.360 e. The first-order chi connectivity index (χ1) is 8.72. The zero-order valence-electron chi connectivity index (χ0n) is 10.3. The molecule has 1 aromatic rings. The summed E-state index contributed by atoms with van der Waals surface area (Å²) in [6, 6.07) is 0.198. The SMILES string of the molecule is COC(=O)c1ncn(C2CCOC2C2CC2)c1N. The van der Waals surface area contributed by atoms with Crippen molar-refractivity contribution in [3.8, 4) is 0 Å². The number of imidazole rings is 1. The third kappa shape index (κ3) is 1.77. The Morgan fingerprint density at radius 3 is 3.00 bits per heavy atom. The van der Waals surface area contributed by atoms with E-state index in [0.717, 1.165) is 13.0 Å². The number of nitrogen functional groups attached to an aromatic ring is 1. The second kappa shape index (κ2) is 4.28. The lowest BCUT2D eigenvalue weighted by atomic mass is 10.1. The minimum Gasteiger partial charge on any atom is -0.464 e. The molecule has 1 aliphatic carbocycles. The Labute approximate surface area is 105 Å². The lowest BCUT2D eigenvalue weighted by Gasteiger charge is -2.20. The van der Waals surface area contributed by atoms with Gasteiger partial charge in [0.1, 0.15) is 5.82 Å². The zero-order valence-corrected chi connectivity index (χ0v) is 10.3. The van der Waals surface area contributed by atoms with E-state index in [1.807, 2.05) is 4.57 Å². The highest BCUT2D eigenvalue weighted by atomic mass is 16.5. The van der Waals surface area contributed by atoms with E-state index in [4.69, 9.17) is 10.5 Å². The van der Waals surface area contributed by atoms with Crippen LogP contribution in [-0.4, -0.2) is 35.3 Å². The Morgan fingerprint density at radius 1 is 1.56 bits per heavy atom. The fraction of sp³-hybridized carbons (Fsp3) is 0.667. The van der Waals surface area contributed by atoms with Gasteiger partial charge in [0, 0.05) is 6.61 Å². The third-order valence-corrected chi connectivity index (χ3v) is 3.76. The van der Waals surface area contributed by atoms with Gasteiger partial charge in [-0.2, -0.15) is 0 Å². The summed E-state index contributed by atoms with van der Waals surface area (Å²) in [6.07, 6.45) is 5.20. The lowest BCUT2D eigenvalue weighted by Crippen LogP contribution is -2.23.